The molecule has 4 aromatic rings. The van der Waals surface area contributed by atoms with Crippen molar-refractivity contribution in [2.24, 2.45) is 0 Å². The Kier molecular flexibility index (Phi) is 5.81. The lowest BCUT2D eigenvalue weighted by atomic mass is 10.2. The van der Waals surface area contributed by atoms with E-state index in [2.05, 4.69) is 42.8 Å². The number of aliphatic hydroxyl groups is 1. The number of hydrogen-bond acceptors (Lipinski definition) is 7. The average molecular weight is 507 g/mol. The molecule has 0 fully saturated rings. The maximum Gasteiger partial charge on any atom is 0.254 e. The molecule has 148 valence electrons. The fourth-order valence-corrected chi connectivity index (χ4v) is 3.26. The van der Waals surface area contributed by atoms with E-state index in [0.717, 1.165) is 15.3 Å². The first-order chi connectivity index (χ1) is 14.2. The van der Waals surface area contributed by atoms with Crippen molar-refractivity contribution in [3.63, 3.8) is 0 Å². The van der Waals surface area contributed by atoms with Gasteiger partial charge in [-0.25, -0.2) is 4.98 Å². The Balaban J connectivity index is 1.75. The Morgan fingerprint density at radius 1 is 1.21 bits per heavy atom. The minimum Gasteiger partial charge on any atom is -0.473 e. The fraction of sp³-hybridized carbons (Fsp3) is 0.158. The minimum atomic E-state index is -0.711. The SMILES string of the molecule is OCCOc1nc(-c2cc(-c3ccon3)n(Cc3ccccc3I)n2)ncc1F. The van der Waals surface area contributed by atoms with Gasteiger partial charge in [0.05, 0.1) is 25.0 Å². The summed E-state index contributed by atoms with van der Waals surface area (Å²) in [6, 6.07) is 11.5. The summed E-state index contributed by atoms with van der Waals surface area (Å²) in [5, 5.41) is 17.5. The molecule has 3 heterocycles. The molecule has 1 N–H and O–H groups in total. The van der Waals surface area contributed by atoms with Gasteiger partial charge in [0.25, 0.3) is 5.88 Å². The van der Waals surface area contributed by atoms with Crippen molar-refractivity contribution < 1.29 is 18.8 Å². The smallest absolute Gasteiger partial charge is 0.254 e. The van der Waals surface area contributed by atoms with Crippen LogP contribution >= 0.6 is 22.6 Å². The van der Waals surface area contributed by atoms with Crippen molar-refractivity contribution in [1.29, 1.82) is 0 Å². The average Bonchev–Trinajstić information content (AvgIpc) is 3.39. The predicted molar refractivity (Wildman–Crippen MR) is 110 cm³/mol. The van der Waals surface area contributed by atoms with E-state index in [-0.39, 0.29) is 24.9 Å². The largest absolute Gasteiger partial charge is 0.473 e. The number of halogens is 2. The summed E-state index contributed by atoms with van der Waals surface area (Å²) in [6.45, 7) is 0.175. The molecule has 0 saturated heterocycles. The highest BCUT2D eigenvalue weighted by Gasteiger charge is 2.18. The molecule has 4 rings (SSSR count). The highest BCUT2D eigenvalue weighted by Crippen LogP contribution is 2.26. The number of rotatable bonds is 7. The standard InChI is InChI=1S/C19H15FIN5O3/c20-13-10-22-18(23-19(13)28-8-6-27)16-9-17(15-5-7-29-25-15)26(24-16)11-12-3-1-2-4-14(12)21/h1-5,7,9-10,27H,6,8,11H2. The van der Waals surface area contributed by atoms with E-state index in [4.69, 9.17) is 14.4 Å². The van der Waals surface area contributed by atoms with Crippen molar-refractivity contribution >= 4 is 22.6 Å². The van der Waals surface area contributed by atoms with Crippen LogP contribution in [0.5, 0.6) is 5.88 Å². The maximum atomic E-state index is 13.9. The lowest BCUT2D eigenvalue weighted by Gasteiger charge is -2.07. The molecule has 3 aromatic heterocycles. The molecular formula is C19H15FIN5O3. The van der Waals surface area contributed by atoms with Gasteiger partial charge in [-0.15, -0.1) is 0 Å². The molecule has 10 heteroatoms. The molecule has 0 bridgehead atoms. The van der Waals surface area contributed by atoms with E-state index in [1.54, 1.807) is 16.8 Å². The van der Waals surface area contributed by atoms with Gasteiger partial charge in [0.1, 0.15) is 24.3 Å². The molecule has 0 saturated carbocycles. The molecule has 0 aliphatic heterocycles. The van der Waals surface area contributed by atoms with Crippen LogP contribution < -0.4 is 4.74 Å². The first-order valence-corrected chi connectivity index (χ1v) is 9.72. The first kappa shape index (κ1) is 19.5. The summed E-state index contributed by atoms with van der Waals surface area (Å²) in [5.41, 5.74) is 2.83. The Hall–Kier alpha value is -2.86. The van der Waals surface area contributed by atoms with Crippen LogP contribution in [0.15, 0.2) is 53.4 Å². The number of hydrogen-bond donors (Lipinski definition) is 1. The highest BCUT2D eigenvalue weighted by molar-refractivity contribution is 14.1. The zero-order valence-corrected chi connectivity index (χ0v) is 17.2. The lowest BCUT2D eigenvalue weighted by Crippen LogP contribution is -2.07. The van der Waals surface area contributed by atoms with Crippen molar-refractivity contribution in [2.45, 2.75) is 6.54 Å². The fourth-order valence-electron chi connectivity index (χ4n) is 2.70. The minimum absolute atomic E-state index is 0.0710. The summed E-state index contributed by atoms with van der Waals surface area (Å²) in [5.74, 6) is -0.748. The van der Waals surface area contributed by atoms with Crippen LogP contribution in [-0.2, 0) is 6.54 Å². The van der Waals surface area contributed by atoms with Crippen LogP contribution in [-0.4, -0.2) is 43.2 Å². The second-order valence-corrected chi connectivity index (χ2v) is 7.13. The van der Waals surface area contributed by atoms with Crippen molar-refractivity contribution in [3.05, 3.63) is 63.8 Å². The van der Waals surface area contributed by atoms with E-state index in [1.807, 2.05) is 24.3 Å². The van der Waals surface area contributed by atoms with Crippen molar-refractivity contribution in [2.75, 3.05) is 13.2 Å². The van der Waals surface area contributed by atoms with Gasteiger partial charge in [0.15, 0.2) is 5.82 Å². The molecule has 29 heavy (non-hydrogen) atoms. The molecular weight excluding hydrogens is 492 g/mol. The summed E-state index contributed by atoms with van der Waals surface area (Å²) in [4.78, 5) is 8.13. The normalized spacial score (nSPS) is 11.0. The van der Waals surface area contributed by atoms with E-state index in [0.29, 0.717) is 23.6 Å². The molecule has 0 unspecified atom stereocenters. The second-order valence-electron chi connectivity index (χ2n) is 5.97. The van der Waals surface area contributed by atoms with E-state index in [1.165, 1.54) is 6.26 Å². The van der Waals surface area contributed by atoms with Gasteiger partial charge in [0, 0.05) is 9.64 Å². The van der Waals surface area contributed by atoms with E-state index >= 15 is 0 Å². The van der Waals surface area contributed by atoms with Crippen LogP contribution in [0.1, 0.15) is 5.56 Å². The summed E-state index contributed by atoms with van der Waals surface area (Å²) >= 11 is 2.27. The Morgan fingerprint density at radius 2 is 2.07 bits per heavy atom. The zero-order chi connectivity index (χ0) is 20.2. The van der Waals surface area contributed by atoms with Gasteiger partial charge in [0.2, 0.25) is 5.82 Å². The van der Waals surface area contributed by atoms with Gasteiger partial charge in [-0.05, 0) is 40.3 Å². The van der Waals surface area contributed by atoms with Gasteiger partial charge < -0.3 is 14.4 Å². The summed E-state index contributed by atoms with van der Waals surface area (Å²) < 4.78 is 26.8. The first-order valence-electron chi connectivity index (χ1n) is 8.64. The second kappa shape index (κ2) is 8.66. The molecule has 0 radical (unpaired) electrons. The van der Waals surface area contributed by atoms with Gasteiger partial charge >= 0.3 is 0 Å². The molecule has 0 aliphatic rings. The lowest BCUT2D eigenvalue weighted by molar-refractivity contribution is 0.191. The van der Waals surface area contributed by atoms with Crippen LogP contribution in [0.25, 0.3) is 22.9 Å². The Morgan fingerprint density at radius 3 is 2.83 bits per heavy atom. The topological polar surface area (TPSA) is 99.1 Å². The number of nitrogens with zero attached hydrogens (tertiary/aromatic N) is 5. The summed E-state index contributed by atoms with van der Waals surface area (Å²) in [7, 11) is 0. The molecule has 0 aliphatic carbocycles. The Bertz CT molecular complexity index is 1120. The van der Waals surface area contributed by atoms with E-state index < -0.39 is 5.82 Å². The highest BCUT2D eigenvalue weighted by atomic mass is 127. The van der Waals surface area contributed by atoms with Crippen molar-refractivity contribution in [1.82, 2.24) is 24.9 Å². The molecule has 0 spiro atoms. The molecule has 8 nitrogen and oxygen atoms in total. The van der Waals surface area contributed by atoms with Crippen LogP contribution in [0.2, 0.25) is 0 Å². The number of ether oxygens (including phenoxy) is 1. The number of aromatic nitrogens is 5. The van der Waals surface area contributed by atoms with Crippen LogP contribution in [0, 0.1) is 9.39 Å². The third-order valence-electron chi connectivity index (χ3n) is 4.03. The zero-order valence-electron chi connectivity index (χ0n) is 15.0. The van der Waals surface area contributed by atoms with E-state index in [9.17, 15) is 4.39 Å². The van der Waals surface area contributed by atoms with Crippen LogP contribution in [0.4, 0.5) is 4.39 Å². The number of benzene rings is 1. The van der Waals surface area contributed by atoms with Gasteiger partial charge in [-0.1, -0.05) is 23.4 Å². The number of aliphatic hydroxyl groups excluding tert-OH is 1. The molecule has 0 atom stereocenters. The third-order valence-corrected chi connectivity index (χ3v) is 5.08. The van der Waals surface area contributed by atoms with Crippen molar-refractivity contribution in [3.8, 4) is 28.8 Å². The van der Waals surface area contributed by atoms with Crippen LogP contribution in [0.3, 0.4) is 0 Å². The maximum absolute atomic E-state index is 13.9. The summed E-state index contributed by atoms with van der Waals surface area (Å²) in [6.07, 6.45) is 2.50. The van der Waals surface area contributed by atoms with Gasteiger partial charge in [-0.3, -0.25) is 4.68 Å². The monoisotopic (exact) mass is 507 g/mol. The Labute approximate surface area is 178 Å². The predicted octanol–water partition coefficient (Wildman–Crippen LogP) is 3.16. The van der Waals surface area contributed by atoms with Gasteiger partial charge in [-0.2, -0.15) is 14.5 Å². The third kappa shape index (κ3) is 4.27. The molecule has 1 aromatic carbocycles. The molecule has 0 amide bonds. The quantitative estimate of drug-likeness (QED) is 0.384.